The number of carbonyl (C=O) groups is 2. The van der Waals surface area contributed by atoms with Crippen molar-refractivity contribution >= 4 is 21.8 Å². The van der Waals surface area contributed by atoms with Crippen LogP contribution in [0.3, 0.4) is 0 Å². The maximum absolute atomic E-state index is 13.3. The summed E-state index contributed by atoms with van der Waals surface area (Å²) in [6.07, 6.45) is 6.66. The van der Waals surface area contributed by atoms with Crippen LogP contribution in [0.2, 0.25) is 0 Å². The van der Waals surface area contributed by atoms with E-state index in [1.165, 1.54) is 30.0 Å². The molecule has 8 heteroatoms. The van der Waals surface area contributed by atoms with Gasteiger partial charge in [-0.3, -0.25) is 9.59 Å². The zero-order valence-electron chi connectivity index (χ0n) is 20.9. The van der Waals surface area contributed by atoms with Crippen molar-refractivity contribution in [3.63, 3.8) is 0 Å². The monoisotopic (exact) mass is 489 g/mol. The zero-order valence-corrected chi connectivity index (χ0v) is 21.7. The van der Waals surface area contributed by atoms with Gasteiger partial charge in [-0.05, 0) is 56.6 Å². The van der Waals surface area contributed by atoms with E-state index >= 15 is 0 Å². The van der Waals surface area contributed by atoms with Gasteiger partial charge in [0.2, 0.25) is 21.8 Å². The highest BCUT2D eigenvalue weighted by molar-refractivity contribution is 7.89. The van der Waals surface area contributed by atoms with Crippen molar-refractivity contribution in [1.29, 1.82) is 0 Å². The highest BCUT2D eigenvalue weighted by Gasteiger charge is 2.34. The summed E-state index contributed by atoms with van der Waals surface area (Å²) in [6.45, 7) is 8.60. The Hall–Kier alpha value is -1.93. The molecular weight excluding hydrogens is 450 g/mol. The smallest absolute Gasteiger partial charge is 0.243 e. The quantitative estimate of drug-likeness (QED) is 0.636. The molecule has 2 atom stereocenters. The minimum absolute atomic E-state index is 0.0550. The number of carbonyl (C=O) groups excluding carboxylic acids is 2. The Morgan fingerprint density at radius 1 is 0.794 bits per heavy atom. The van der Waals surface area contributed by atoms with E-state index in [0.717, 1.165) is 42.1 Å². The van der Waals surface area contributed by atoms with Crippen LogP contribution < -0.4 is 0 Å². The summed E-state index contributed by atoms with van der Waals surface area (Å²) in [5.41, 5.74) is 2.56. The van der Waals surface area contributed by atoms with E-state index in [0.29, 0.717) is 23.9 Å². The molecule has 0 unspecified atom stereocenters. The molecule has 7 nitrogen and oxygen atoms in total. The van der Waals surface area contributed by atoms with E-state index in [4.69, 9.17) is 0 Å². The molecule has 2 heterocycles. The molecule has 0 N–H and O–H groups in total. The fourth-order valence-electron chi connectivity index (χ4n) is 6.24. The molecule has 188 valence electrons. The van der Waals surface area contributed by atoms with Crippen molar-refractivity contribution < 1.29 is 18.0 Å². The third-order valence-corrected chi connectivity index (χ3v) is 10.2. The number of benzene rings is 1. The minimum atomic E-state index is -3.60. The van der Waals surface area contributed by atoms with E-state index < -0.39 is 10.0 Å². The van der Waals surface area contributed by atoms with Gasteiger partial charge < -0.3 is 9.80 Å². The fraction of sp³-hybridized carbons (Fsp3) is 0.692. The number of piperidine rings is 1. The molecule has 1 saturated carbocycles. The third kappa shape index (κ3) is 5.33. The Labute approximate surface area is 204 Å². The van der Waals surface area contributed by atoms with E-state index in [1.807, 2.05) is 37.8 Å². The summed E-state index contributed by atoms with van der Waals surface area (Å²) < 4.78 is 28.0. The second-order valence-electron chi connectivity index (χ2n) is 10.4. The molecule has 2 saturated heterocycles. The van der Waals surface area contributed by atoms with Gasteiger partial charge in [0.25, 0.3) is 0 Å². The molecule has 0 spiro atoms. The van der Waals surface area contributed by atoms with Crippen molar-refractivity contribution in [2.24, 2.45) is 11.8 Å². The topological polar surface area (TPSA) is 78.0 Å². The second kappa shape index (κ2) is 10.4. The Balaban J connectivity index is 1.27. The standard InChI is InChI=1S/C26H39N3O4S/c1-19-16-20(2)26(21(3)17-19)34(32,33)29-14-12-27(13-15-29)24(30)8-9-25(31)28-11-10-22-6-4-5-7-23(22)18-28/h16-17,22-23H,4-15,18H2,1-3H3/t22-,23+/m0/s1. The lowest BCUT2D eigenvalue weighted by Gasteiger charge is -2.41. The Kier molecular flexibility index (Phi) is 7.67. The summed E-state index contributed by atoms with van der Waals surface area (Å²) in [7, 11) is -3.60. The van der Waals surface area contributed by atoms with Gasteiger partial charge in [0.1, 0.15) is 0 Å². The van der Waals surface area contributed by atoms with Gasteiger partial charge in [-0.25, -0.2) is 8.42 Å². The summed E-state index contributed by atoms with van der Waals surface area (Å²) in [5.74, 6) is 1.45. The van der Waals surface area contributed by atoms with E-state index in [9.17, 15) is 18.0 Å². The van der Waals surface area contributed by atoms with Crippen LogP contribution >= 0.6 is 0 Å². The number of piperazine rings is 1. The minimum Gasteiger partial charge on any atom is -0.342 e. The largest absolute Gasteiger partial charge is 0.342 e. The first-order chi connectivity index (χ1) is 16.2. The number of amides is 2. The predicted octanol–water partition coefficient (Wildman–Crippen LogP) is 3.26. The van der Waals surface area contributed by atoms with Gasteiger partial charge in [-0.15, -0.1) is 0 Å². The molecule has 2 aliphatic heterocycles. The molecular formula is C26H39N3O4S. The molecule has 1 aromatic carbocycles. The molecule has 1 aromatic rings. The lowest BCUT2D eigenvalue weighted by Crippen LogP contribution is -2.51. The lowest BCUT2D eigenvalue weighted by molar-refractivity contribution is -0.139. The summed E-state index contributed by atoms with van der Waals surface area (Å²) in [4.78, 5) is 29.6. The average Bonchev–Trinajstić information content (AvgIpc) is 2.81. The third-order valence-electron chi connectivity index (χ3n) is 7.99. The molecule has 1 aliphatic carbocycles. The number of likely N-dealkylation sites (tertiary alicyclic amines) is 1. The molecule has 0 radical (unpaired) electrons. The van der Waals surface area contributed by atoms with Crippen LogP contribution in [-0.4, -0.2) is 73.6 Å². The molecule has 3 aliphatic rings. The Morgan fingerprint density at radius 3 is 1.97 bits per heavy atom. The zero-order chi connectivity index (χ0) is 24.5. The van der Waals surface area contributed by atoms with E-state index in [2.05, 4.69) is 0 Å². The Bertz CT molecular complexity index is 1010. The summed E-state index contributed by atoms with van der Waals surface area (Å²) in [6, 6.07) is 3.79. The molecule has 0 aromatic heterocycles. The Morgan fingerprint density at radius 2 is 1.35 bits per heavy atom. The number of fused-ring (bicyclic) bond motifs is 1. The van der Waals surface area contributed by atoms with Crippen LogP contribution in [0, 0.1) is 32.6 Å². The van der Waals surface area contributed by atoms with Crippen molar-refractivity contribution in [3.05, 3.63) is 28.8 Å². The number of hydrogen-bond acceptors (Lipinski definition) is 4. The lowest BCUT2D eigenvalue weighted by atomic mass is 9.75. The van der Waals surface area contributed by atoms with Gasteiger partial charge in [-0.1, -0.05) is 37.0 Å². The predicted molar refractivity (Wildman–Crippen MR) is 132 cm³/mol. The van der Waals surface area contributed by atoms with Crippen LogP contribution in [0.15, 0.2) is 17.0 Å². The first kappa shape index (κ1) is 25.2. The van der Waals surface area contributed by atoms with E-state index in [1.54, 1.807) is 4.90 Å². The van der Waals surface area contributed by atoms with Crippen molar-refractivity contribution in [3.8, 4) is 0 Å². The van der Waals surface area contributed by atoms with Crippen LogP contribution in [0.5, 0.6) is 0 Å². The number of aryl methyl sites for hydroxylation is 3. The van der Waals surface area contributed by atoms with Gasteiger partial charge in [-0.2, -0.15) is 4.31 Å². The first-order valence-electron chi connectivity index (χ1n) is 12.8. The number of sulfonamides is 1. The molecule has 3 fully saturated rings. The van der Waals surface area contributed by atoms with Crippen molar-refractivity contribution in [1.82, 2.24) is 14.1 Å². The molecule has 4 rings (SSSR count). The SMILES string of the molecule is Cc1cc(C)c(S(=O)(=O)N2CCN(C(=O)CCC(=O)N3CC[C@@H]4CCCC[C@@H]4C3)CC2)c(C)c1. The van der Waals surface area contributed by atoms with Crippen LogP contribution in [-0.2, 0) is 19.6 Å². The molecule has 2 amide bonds. The van der Waals surface area contributed by atoms with Crippen LogP contribution in [0.1, 0.15) is 61.6 Å². The van der Waals surface area contributed by atoms with Gasteiger partial charge in [0.05, 0.1) is 4.90 Å². The van der Waals surface area contributed by atoms with E-state index in [-0.39, 0.29) is 37.7 Å². The maximum Gasteiger partial charge on any atom is 0.243 e. The molecule has 34 heavy (non-hydrogen) atoms. The molecule has 0 bridgehead atoms. The number of rotatable bonds is 5. The summed E-state index contributed by atoms with van der Waals surface area (Å²) in [5, 5.41) is 0. The highest BCUT2D eigenvalue weighted by Crippen LogP contribution is 2.36. The maximum atomic E-state index is 13.3. The van der Waals surface area contributed by atoms with Crippen LogP contribution in [0.4, 0.5) is 0 Å². The van der Waals surface area contributed by atoms with Gasteiger partial charge in [0, 0.05) is 52.1 Å². The number of nitrogens with zero attached hydrogens (tertiary/aromatic N) is 3. The van der Waals surface area contributed by atoms with Crippen LogP contribution in [0.25, 0.3) is 0 Å². The highest BCUT2D eigenvalue weighted by atomic mass is 32.2. The van der Waals surface area contributed by atoms with Crippen molar-refractivity contribution in [2.75, 3.05) is 39.3 Å². The fourth-order valence-corrected chi connectivity index (χ4v) is 8.07. The first-order valence-corrected chi connectivity index (χ1v) is 14.2. The number of hydrogen-bond donors (Lipinski definition) is 0. The van der Waals surface area contributed by atoms with Crippen molar-refractivity contribution in [2.45, 2.75) is 70.6 Å². The summed E-state index contributed by atoms with van der Waals surface area (Å²) >= 11 is 0. The second-order valence-corrected chi connectivity index (χ2v) is 12.3. The van der Waals surface area contributed by atoms with Gasteiger partial charge in [0.15, 0.2) is 0 Å². The van der Waals surface area contributed by atoms with Gasteiger partial charge >= 0.3 is 0 Å². The average molecular weight is 490 g/mol. The normalized spacial score (nSPS) is 24.1.